The Morgan fingerprint density at radius 3 is 3.00 bits per heavy atom. The van der Waals surface area contributed by atoms with Crippen LogP contribution >= 0.6 is 11.8 Å². The summed E-state index contributed by atoms with van der Waals surface area (Å²) in [6.07, 6.45) is 2.45. The first kappa shape index (κ1) is 13.2. The van der Waals surface area contributed by atoms with E-state index in [1.54, 1.807) is 6.07 Å². The Balaban J connectivity index is 2.16. The average molecular weight is 266 g/mol. The first-order valence-corrected chi connectivity index (χ1v) is 7.20. The third-order valence-electron chi connectivity index (χ3n) is 3.08. The van der Waals surface area contributed by atoms with Gasteiger partial charge in [-0.25, -0.2) is 9.78 Å². The van der Waals surface area contributed by atoms with Gasteiger partial charge in [0.05, 0.1) is 0 Å². The topological polar surface area (TPSA) is 62.2 Å². The van der Waals surface area contributed by atoms with E-state index in [0.717, 1.165) is 17.8 Å². The molecule has 1 unspecified atom stereocenters. The third-order valence-corrected chi connectivity index (χ3v) is 4.48. The molecule has 0 bridgehead atoms. The molecule has 1 aromatic heterocycles. The smallest absolute Gasteiger partial charge is 0.339 e. The minimum absolute atomic E-state index is 0.295. The molecule has 0 spiro atoms. The number of nitrogens with one attached hydrogen (secondary N) is 1. The number of anilines is 1. The summed E-state index contributed by atoms with van der Waals surface area (Å²) in [5, 5.41) is 13.0. The predicted octanol–water partition coefficient (Wildman–Crippen LogP) is 2.70. The van der Waals surface area contributed by atoms with Gasteiger partial charge in [0.15, 0.2) is 0 Å². The van der Waals surface area contributed by atoms with Crippen LogP contribution in [0.5, 0.6) is 0 Å². The molecule has 2 rings (SSSR count). The number of aryl methyl sites for hydroxylation is 2. The summed E-state index contributed by atoms with van der Waals surface area (Å²) in [4.78, 5) is 15.6. The highest BCUT2D eigenvalue weighted by molar-refractivity contribution is 8.00. The van der Waals surface area contributed by atoms with E-state index in [4.69, 9.17) is 0 Å². The van der Waals surface area contributed by atoms with Crippen molar-refractivity contribution < 1.29 is 9.90 Å². The first-order valence-electron chi connectivity index (χ1n) is 6.15. The lowest BCUT2D eigenvalue weighted by atomic mass is 10.1. The Morgan fingerprint density at radius 1 is 1.61 bits per heavy atom. The summed E-state index contributed by atoms with van der Waals surface area (Å²) >= 11 is 1.95. The van der Waals surface area contributed by atoms with Gasteiger partial charge in [0.1, 0.15) is 11.4 Å². The van der Waals surface area contributed by atoms with E-state index < -0.39 is 5.97 Å². The summed E-state index contributed by atoms with van der Waals surface area (Å²) in [5.74, 6) is 0.798. The number of hydrogen-bond donors (Lipinski definition) is 2. The Hall–Kier alpha value is -1.23. The van der Waals surface area contributed by atoms with E-state index >= 15 is 0 Å². The quantitative estimate of drug-likeness (QED) is 0.877. The standard InChI is InChI=1S/C13H18N2O2S/c1-8-6-9(2)15-12(11(8)13(16)17)14-7-10-4-3-5-18-10/h6,10H,3-5,7H2,1-2H3,(H,14,15)(H,16,17). The molecule has 1 aliphatic rings. The van der Waals surface area contributed by atoms with Crippen LogP contribution in [0.15, 0.2) is 6.07 Å². The summed E-state index contributed by atoms with van der Waals surface area (Å²) in [5.41, 5.74) is 1.90. The van der Waals surface area contributed by atoms with Crippen molar-refractivity contribution in [2.75, 3.05) is 17.6 Å². The molecule has 1 aromatic rings. The number of carboxylic acids is 1. The number of hydrogen-bond acceptors (Lipinski definition) is 4. The van der Waals surface area contributed by atoms with E-state index in [9.17, 15) is 9.90 Å². The molecule has 1 saturated heterocycles. The molecule has 18 heavy (non-hydrogen) atoms. The molecule has 0 radical (unpaired) electrons. The number of carbonyl (C=O) groups is 1. The van der Waals surface area contributed by atoms with E-state index in [2.05, 4.69) is 10.3 Å². The van der Waals surface area contributed by atoms with Crippen molar-refractivity contribution in [3.05, 3.63) is 22.9 Å². The monoisotopic (exact) mass is 266 g/mol. The van der Waals surface area contributed by atoms with Gasteiger partial charge in [-0.15, -0.1) is 0 Å². The number of thioether (sulfide) groups is 1. The maximum Gasteiger partial charge on any atom is 0.339 e. The largest absolute Gasteiger partial charge is 0.478 e. The zero-order chi connectivity index (χ0) is 13.1. The van der Waals surface area contributed by atoms with Gasteiger partial charge in [-0.2, -0.15) is 11.8 Å². The van der Waals surface area contributed by atoms with Crippen LogP contribution in [0.4, 0.5) is 5.82 Å². The number of aromatic nitrogens is 1. The minimum Gasteiger partial charge on any atom is -0.478 e. The molecule has 1 atom stereocenters. The van der Waals surface area contributed by atoms with Crippen LogP contribution in [0.1, 0.15) is 34.5 Å². The van der Waals surface area contributed by atoms with Crippen LogP contribution in [-0.4, -0.2) is 33.6 Å². The SMILES string of the molecule is Cc1cc(C)c(C(=O)O)c(NCC2CCCS2)n1. The fraction of sp³-hybridized carbons (Fsp3) is 0.538. The highest BCUT2D eigenvalue weighted by Crippen LogP contribution is 2.27. The zero-order valence-electron chi connectivity index (χ0n) is 10.7. The van der Waals surface area contributed by atoms with Gasteiger partial charge in [-0.1, -0.05) is 0 Å². The highest BCUT2D eigenvalue weighted by atomic mass is 32.2. The fourth-order valence-electron chi connectivity index (χ4n) is 2.25. The van der Waals surface area contributed by atoms with Crippen molar-refractivity contribution in [3.63, 3.8) is 0 Å². The zero-order valence-corrected chi connectivity index (χ0v) is 11.5. The fourth-order valence-corrected chi connectivity index (χ4v) is 3.45. The number of aromatic carboxylic acids is 1. The normalized spacial score (nSPS) is 18.9. The molecule has 1 aliphatic heterocycles. The van der Waals surface area contributed by atoms with E-state index in [-0.39, 0.29) is 0 Å². The Bertz CT molecular complexity index is 457. The molecule has 98 valence electrons. The minimum atomic E-state index is -0.915. The van der Waals surface area contributed by atoms with Crippen LogP contribution in [-0.2, 0) is 0 Å². The van der Waals surface area contributed by atoms with E-state index in [1.807, 2.05) is 25.6 Å². The highest BCUT2D eigenvalue weighted by Gasteiger charge is 2.19. The Kier molecular flexibility index (Phi) is 4.11. The molecule has 2 N–H and O–H groups in total. The van der Waals surface area contributed by atoms with Crippen LogP contribution < -0.4 is 5.32 Å². The van der Waals surface area contributed by atoms with Gasteiger partial charge < -0.3 is 10.4 Å². The van der Waals surface area contributed by atoms with Crippen molar-refractivity contribution in [1.82, 2.24) is 4.98 Å². The lowest BCUT2D eigenvalue weighted by molar-refractivity contribution is 0.0697. The van der Waals surface area contributed by atoms with Crippen LogP contribution in [0, 0.1) is 13.8 Å². The van der Waals surface area contributed by atoms with Gasteiger partial charge >= 0.3 is 5.97 Å². The molecule has 0 amide bonds. The van der Waals surface area contributed by atoms with Crippen molar-refractivity contribution in [2.24, 2.45) is 0 Å². The molecule has 1 fully saturated rings. The van der Waals surface area contributed by atoms with Gasteiger partial charge in [0.25, 0.3) is 0 Å². The first-order chi connectivity index (χ1) is 8.58. The summed E-state index contributed by atoms with van der Waals surface area (Å²) < 4.78 is 0. The maximum absolute atomic E-state index is 11.3. The van der Waals surface area contributed by atoms with Crippen LogP contribution in [0.25, 0.3) is 0 Å². The van der Waals surface area contributed by atoms with Crippen molar-refractivity contribution in [3.8, 4) is 0 Å². The molecular formula is C13H18N2O2S. The van der Waals surface area contributed by atoms with Gasteiger partial charge in [-0.3, -0.25) is 0 Å². The van der Waals surface area contributed by atoms with E-state index in [0.29, 0.717) is 16.6 Å². The number of rotatable bonds is 4. The molecule has 5 heteroatoms. The summed E-state index contributed by atoms with van der Waals surface area (Å²) in [7, 11) is 0. The predicted molar refractivity (Wildman–Crippen MR) is 74.6 cm³/mol. The average Bonchev–Trinajstić information content (AvgIpc) is 2.77. The number of nitrogens with zero attached hydrogens (tertiary/aromatic N) is 1. The number of carboxylic acid groups (broad SMARTS) is 1. The van der Waals surface area contributed by atoms with Gasteiger partial charge in [0, 0.05) is 17.5 Å². The summed E-state index contributed by atoms with van der Waals surface area (Å²) in [6.45, 7) is 4.49. The second kappa shape index (κ2) is 5.61. The second-order valence-corrected chi connectivity index (χ2v) is 6.03. The van der Waals surface area contributed by atoms with E-state index in [1.165, 1.54) is 18.6 Å². The molecule has 4 nitrogen and oxygen atoms in total. The Morgan fingerprint density at radius 2 is 2.39 bits per heavy atom. The van der Waals surface area contributed by atoms with Crippen molar-refractivity contribution >= 4 is 23.5 Å². The summed E-state index contributed by atoms with van der Waals surface area (Å²) in [6, 6.07) is 1.80. The second-order valence-electron chi connectivity index (χ2n) is 4.63. The van der Waals surface area contributed by atoms with Crippen LogP contribution in [0.2, 0.25) is 0 Å². The molecule has 2 heterocycles. The van der Waals surface area contributed by atoms with Gasteiger partial charge in [0.2, 0.25) is 0 Å². The van der Waals surface area contributed by atoms with Crippen molar-refractivity contribution in [1.29, 1.82) is 0 Å². The molecule has 0 saturated carbocycles. The molecule has 0 aromatic carbocycles. The maximum atomic E-state index is 11.3. The van der Waals surface area contributed by atoms with Crippen molar-refractivity contribution in [2.45, 2.75) is 31.9 Å². The number of pyridine rings is 1. The molecule has 0 aliphatic carbocycles. The lowest BCUT2D eigenvalue weighted by Crippen LogP contribution is -2.18. The third kappa shape index (κ3) is 2.96. The van der Waals surface area contributed by atoms with Gasteiger partial charge in [-0.05, 0) is 44.1 Å². The Labute approximate surface area is 111 Å². The lowest BCUT2D eigenvalue weighted by Gasteiger charge is -2.14. The molecular weight excluding hydrogens is 248 g/mol. The van der Waals surface area contributed by atoms with Crippen LogP contribution in [0.3, 0.4) is 0 Å².